The molecule has 0 radical (unpaired) electrons. The van der Waals surface area contributed by atoms with Gasteiger partial charge >= 0.3 is 5.97 Å². The Morgan fingerprint density at radius 1 is 1.18 bits per heavy atom. The van der Waals surface area contributed by atoms with Crippen molar-refractivity contribution in [2.75, 3.05) is 7.11 Å². The van der Waals surface area contributed by atoms with E-state index in [0.717, 1.165) is 16.4 Å². The Morgan fingerprint density at radius 3 is 2.86 bits per heavy atom. The summed E-state index contributed by atoms with van der Waals surface area (Å²) in [6.45, 7) is 0. The molecule has 6 nitrogen and oxygen atoms in total. The fraction of sp³-hybridized carbons (Fsp3) is 0.0625. The third-order valence-electron chi connectivity index (χ3n) is 3.74. The molecule has 1 N–H and O–H groups in total. The van der Waals surface area contributed by atoms with E-state index in [4.69, 9.17) is 4.74 Å². The van der Waals surface area contributed by atoms with Crippen molar-refractivity contribution in [1.82, 2.24) is 14.4 Å². The van der Waals surface area contributed by atoms with E-state index in [1.165, 1.54) is 7.11 Å². The summed E-state index contributed by atoms with van der Waals surface area (Å²) < 4.78 is 6.57. The van der Waals surface area contributed by atoms with Crippen LogP contribution in [0.25, 0.3) is 27.5 Å². The summed E-state index contributed by atoms with van der Waals surface area (Å²) in [6, 6.07) is 8.72. The van der Waals surface area contributed by atoms with Gasteiger partial charge < -0.3 is 14.1 Å². The van der Waals surface area contributed by atoms with E-state index in [9.17, 15) is 9.59 Å². The molecule has 6 heteroatoms. The maximum Gasteiger partial charge on any atom is 0.337 e. The Labute approximate surface area is 124 Å². The second kappa shape index (κ2) is 4.42. The minimum atomic E-state index is -0.405. The number of methoxy groups -OCH3 is 1. The zero-order chi connectivity index (χ0) is 15.3. The first-order valence-corrected chi connectivity index (χ1v) is 6.68. The SMILES string of the molecule is COC(=O)c1ccc2c(c1)cc1c(=O)[nH]c3ccncc3n12. The van der Waals surface area contributed by atoms with E-state index in [1.54, 1.807) is 42.7 Å². The first kappa shape index (κ1) is 12.6. The first-order valence-electron chi connectivity index (χ1n) is 6.68. The van der Waals surface area contributed by atoms with Gasteiger partial charge in [0.05, 0.1) is 35.4 Å². The van der Waals surface area contributed by atoms with Gasteiger partial charge in [-0.05, 0) is 30.3 Å². The maximum atomic E-state index is 12.2. The van der Waals surface area contributed by atoms with Crippen molar-refractivity contribution >= 4 is 33.4 Å². The molecule has 1 aromatic carbocycles. The fourth-order valence-electron chi connectivity index (χ4n) is 2.74. The van der Waals surface area contributed by atoms with E-state index in [2.05, 4.69) is 9.97 Å². The Morgan fingerprint density at radius 2 is 2.05 bits per heavy atom. The average Bonchev–Trinajstić information content (AvgIpc) is 2.93. The average molecular weight is 293 g/mol. The molecule has 22 heavy (non-hydrogen) atoms. The van der Waals surface area contributed by atoms with Gasteiger partial charge in [0.2, 0.25) is 0 Å². The lowest BCUT2D eigenvalue weighted by atomic mass is 10.1. The Hall–Kier alpha value is -3.15. The van der Waals surface area contributed by atoms with E-state index in [-0.39, 0.29) is 5.56 Å². The molecule has 0 saturated heterocycles. The summed E-state index contributed by atoms with van der Waals surface area (Å²) in [5.41, 5.74) is 3.13. The van der Waals surface area contributed by atoms with Crippen molar-refractivity contribution in [3.05, 3.63) is 58.6 Å². The van der Waals surface area contributed by atoms with Crippen LogP contribution in [0.2, 0.25) is 0 Å². The van der Waals surface area contributed by atoms with Gasteiger partial charge in [0.15, 0.2) is 0 Å². The smallest absolute Gasteiger partial charge is 0.337 e. The molecule has 0 aliphatic rings. The zero-order valence-corrected chi connectivity index (χ0v) is 11.7. The van der Waals surface area contributed by atoms with Crippen LogP contribution >= 0.6 is 0 Å². The third kappa shape index (κ3) is 1.64. The van der Waals surface area contributed by atoms with Crippen LogP contribution in [0.4, 0.5) is 0 Å². The van der Waals surface area contributed by atoms with Crippen LogP contribution in [-0.4, -0.2) is 27.4 Å². The molecule has 0 aliphatic carbocycles. The van der Waals surface area contributed by atoms with Crippen LogP contribution in [0.15, 0.2) is 47.5 Å². The van der Waals surface area contributed by atoms with Gasteiger partial charge in [-0.2, -0.15) is 0 Å². The van der Waals surface area contributed by atoms with Crippen LogP contribution in [0.5, 0.6) is 0 Å². The number of nitrogens with zero attached hydrogens (tertiary/aromatic N) is 2. The van der Waals surface area contributed by atoms with Crippen LogP contribution in [-0.2, 0) is 4.74 Å². The highest BCUT2D eigenvalue weighted by Gasteiger charge is 2.12. The normalized spacial score (nSPS) is 11.3. The highest BCUT2D eigenvalue weighted by Crippen LogP contribution is 2.23. The van der Waals surface area contributed by atoms with Crippen molar-refractivity contribution in [2.24, 2.45) is 0 Å². The van der Waals surface area contributed by atoms with Gasteiger partial charge in [-0.1, -0.05) is 0 Å². The predicted molar refractivity (Wildman–Crippen MR) is 82.2 cm³/mol. The molecule has 0 unspecified atom stereocenters. The summed E-state index contributed by atoms with van der Waals surface area (Å²) in [7, 11) is 1.34. The van der Waals surface area contributed by atoms with Gasteiger partial charge in [-0.15, -0.1) is 0 Å². The zero-order valence-electron chi connectivity index (χ0n) is 11.7. The summed E-state index contributed by atoms with van der Waals surface area (Å²) in [4.78, 5) is 30.8. The number of H-pyrrole nitrogens is 1. The third-order valence-corrected chi connectivity index (χ3v) is 3.74. The van der Waals surface area contributed by atoms with Crippen LogP contribution in [0, 0.1) is 0 Å². The molecular weight excluding hydrogens is 282 g/mol. The van der Waals surface area contributed by atoms with Gasteiger partial charge in [0, 0.05) is 11.6 Å². The standard InChI is InChI=1S/C16H11N3O3/c1-22-16(21)9-2-3-12-10(6-9)7-13-15(20)18-11-4-5-17-8-14(11)19(12)13/h2-8H,1H3,(H,18,20). The molecule has 0 bridgehead atoms. The molecule has 0 saturated carbocycles. The minimum Gasteiger partial charge on any atom is -0.465 e. The van der Waals surface area contributed by atoms with E-state index >= 15 is 0 Å². The number of benzene rings is 1. The lowest BCUT2D eigenvalue weighted by Crippen LogP contribution is -2.09. The largest absolute Gasteiger partial charge is 0.465 e. The molecule has 0 spiro atoms. The topological polar surface area (TPSA) is 76.5 Å². The number of hydrogen-bond donors (Lipinski definition) is 1. The lowest BCUT2D eigenvalue weighted by Gasteiger charge is -2.04. The molecule has 4 rings (SSSR count). The highest BCUT2D eigenvalue weighted by molar-refractivity contribution is 5.98. The number of rotatable bonds is 1. The number of ether oxygens (including phenoxy) is 1. The summed E-state index contributed by atoms with van der Waals surface area (Å²) in [5, 5.41) is 0.796. The molecule has 0 atom stereocenters. The molecule has 108 valence electrons. The molecule has 0 fully saturated rings. The van der Waals surface area contributed by atoms with Crippen molar-refractivity contribution in [2.45, 2.75) is 0 Å². The van der Waals surface area contributed by atoms with Crippen LogP contribution in [0.3, 0.4) is 0 Å². The van der Waals surface area contributed by atoms with Gasteiger partial charge in [0.25, 0.3) is 5.56 Å². The minimum absolute atomic E-state index is 0.186. The van der Waals surface area contributed by atoms with Crippen molar-refractivity contribution < 1.29 is 9.53 Å². The summed E-state index contributed by atoms with van der Waals surface area (Å²) in [6.07, 6.45) is 3.33. The van der Waals surface area contributed by atoms with Crippen molar-refractivity contribution in [1.29, 1.82) is 0 Å². The van der Waals surface area contributed by atoms with E-state index in [0.29, 0.717) is 16.6 Å². The number of pyridine rings is 1. The Bertz CT molecular complexity index is 1110. The van der Waals surface area contributed by atoms with Gasteiger partial charge in [-0.3, -0.25) is 9.78 Å². The quantitative estimate of drug-likeness (QED) is 0.545. The predicted octanol–water partition coefficient (Wildman–Crippen LogP) is 2.12. The number of fused-ring (bicyclic) bond motifs is 5. The van der Waals surface area contributed by atoms with Crippen LogP contribution in [0.1, 0.15) is 10.4 Å². The molecule has 3 heterocycles. The fourth-order valence-corrected chi connectivity index (χ4v) is 2.74. The Balaban J connectivity index is 2.18. The highest BCUT2D eigenvalue weighted by atomic mass is 16.5. The monoisotopic (exact) mass is 293 g/mol. The molecule has 0 aliphatic heterocycles. The molecule has 0 amide bonds. The second-order valence-corrected chi connectivity index (χ2v) is 4.98. The number of nitrogens with one attached hydrogen (secondary N) is 1. The van der Waals surface area contributed by atoms with E-state index < -0.39 is 5.97 Å². The number of esters is 1. The number of carbonyl (C=O) groups excluding carboxylic acids is 1. The van der Waals surface area contributed by atoms with Crippen LogP contribution < -0.4 is 5.56 Å². The molecular formula is C16H11N3O3. The molecule has 4 aromatic rings. The summed E-state index contributed by atoms with van der Waals surface area (Å²) >= 11 is 0. The lowest BCUT2D eigenvalue weighted by molar-refractivity contribution is 0.0601. The Kier molecular flexibility index (Phi) is 2.53. The number of hydrogen-bond acceptors (Lipinski definition) is 4. The van der Waals surface area contributed by atoms with Crippen molar-refractivity contribution in [3.8, 4) is 0 Å². The van der Waals surface area contributed by atoms with Gasteiger partial charge in [-0.25, -0.2) is 4.79 Å². The molecule has 3 aromatic heterocycles. The number of carbonyl (C=O) groups is 1. The van der Waals surface area contributed by atoms with Crippen molar-refractivity contribution in [3.63, 3.8) is 0 Å². The second-order valence-electron chi connectivity index (χ2n) is 4.98. The number of aromatic amines is 1. The number of aromatic nitrogens is 3. The van der Waals surface area contributed by atoms with E-state index in [1.807, 2.05) is 4.40 Å². The summed E-state index contributed by atoms with van der Waals surface area (Å²) in [5.74, 6) is -0.405. The maximum absolute atomic E-state index is 12.2. The first-order chi connectivity index (χ1) is 10.7. The van der Waals surface area contributed by atoms with Gasteiger partial charge in [0.1, 0.15) is 5.52 Å².